The van der Waals surface area contributed by atoms with Crippen LogP contribution in [0.25, 0.3) is 5.57 Å². The van der Waals surface area contributed by atoms with Crippen LogP contribution >= 0.6 is 0 Å². The SMILES string of the molecule is CCc1cc(C(=C2C=CC(=[NH+]c3c(C)cc([N+](=O)[O-])cc3C)C(COC)=C2)c2ccc(S(=O)(=O)O)cc2S(=O)(=O)O)ccc1Nc1c(C)cc([N+](=O)[O-])cc1C. The molecule has 4 aromatic rings. The number of nitro groups is 2. The summed E-state index contributed by atoms with van der Waals surface area (Å²) in [5.74, 6) is 0. The number of ether oxygens (including phenoxy) is 1. The highest BCUT2D eigenvalue weighted by Crippen LogP contribution is 2.38. The first-order valence-electron chi connectivity index (χ1n) is 17.0. The molecule has 0 saturated carbocycles. The number of aryl methyl sites for hydroxylation is 5. The summed E-state index contributed by atoms with van der Waals surface area (Å²) < 4.78 is 75.7. The van der Waals surface area contributed by atoms with E-state index in [-0.39, 0.29) is 29.1 Å². The van der Waals surface area contributed by atoms with Crippen molar-refractivity contribution in [3.05, 3.63) is 149 Å². The zero-order valence-corrected chi connectivity index (χ0v) is 32.8. The third kappa shape index (κ3) is 8.82. The van der Waals surface area contributed by atoms with E-state index in [2.05, 4.69) is 10.3 Å². The van der Waals surface area contributed by atoms with Crippen molar-refractivity contribution in [2.45, 2.75) is 50.8 Å². The average molecular weight is 804 g/mol. The van der Waals surface area contributed by atoms with Crippen LogP contribution in [0.2, 0.25) is 0 Å². The van der Waals surface area contributed by atoms with Crippen LogP contribution < -0.4 is 10.3 Å². The molecule has 0 unspecified atom stereocenters. The van der Waals surface area contributed by atoms with Crippen LogP contribution in [0.1, 0.15) is 45.9 Å². The summed E-state index contributed by atoms with van der Waals surface area (Å²) >= 11 is 0. The minimum atomic E-state index is -5.09. The second-order valence-electron chi connectivity index (χ2n) is 13.2. The highest BCUT2D eigenvalue weighted by atomic mass is 32.2. The highest BCUT2D eigenvalue weighted by molar-refractivity contribution is 7.86. The van der Waals surface area contributed by atoms with Gasteiger partial charge in [0.15, 0.2) is 0 Å². The van der Waals surface area contributed by atoms with Crippen LogP contribution in [0.15, 0.2) is 99.8 Å². The monoisotopic (exact) mass is 803 g/mol. The molecule has 0 aliphatic heterocycles. The van der Waals surface area contributed by atoms with Gasteiger partial charge in [0.25, 0.3) is 31.6 Å². The maximum absolute atomic E-state index is 12.9. The maximum Gasteiger partial charge on any atom is 0.295 e. The number of nitro benzene ring substituents is 2. The molecule has 0 atom stereocenters. The van der Waals surface area contributed by atoms with Gasteiger partial charge in [-0.05, 0) is 104 Å². The lowest BCUT2D eigenvalue weighted by molar-refractivity contribution is -0.385. The van der Waals surface area contributed by atoms with E-state index < -0.39 is 39.9 Å². The molecule has 0 bridgehead atoms. The lowest BCUT2D eigenvalue weighted by atomic mass is 9.87. The zero-order chi connectivity index (χ0) is 41.3. The molecule has 15 nitrogen and oxygen atoms in total. The van der Waals surface area contributed by atoms with Gasteiger partial charge in [-0.25, -0.2) is 4.99 Å². The molecule has 4 aromatic carbocycles. The molecule has 0 aromatic heterocycles. The molecule has 0 radical (unpaired) electrons. The van der Waals surface area contributed by atoms with Crippen molar-refractivity contribution in [1.29, 1.82) is 0 Å². The predicted molar refractivity (Wildman–Crippen MR) is 211 cm³/mol. The summed E-state index contributed by atoms with van der Waals surface area (Å²) in [4.78, 5) is 23.8. The fourth-order valence-corrected chi connectivity index (χ4v) is 7.93. The zero-order valence-electron chi connectivity index (χ0n) is 31.2. The van der Waals surface area contributed by atoms with Crippen LogP contribution in [0.5, 0.6) is 0 Å². The van der Waals surface area contributed by atoms with Crippen molar-refractivity contribution in [3.8, 4) is 0 Å². The van der Waals surface area contributed by atoms with Crippen LogP contribution in [0.3, 0.4) is 0 Å². The van der Waals surface area contributed by atoms with Crippen LogP contribution in [0, 0.1) is 47.9 Å². The van der Waals surface area contributed by atoms with Gasteiger partial charge >= 0.3 is 0 Å². The number of hydrogen-bond acceptors (Lipinski definition) is 10. The van der Waals surface area contributed by atoms with Gasteiger partial charge in [0.05, 0.1) is 21.3 Å². The molecule has 5 rings (SSSR count). The molecule has 4 N–H and O–H groups in total. The summed E-state index contributed by atoms with van der Waals surface area (Å²) in [5.41, 5.74) is 7.44. The van der Waals surface area contributed by atoms with E-state index in [0.29, 0.717) is 74.2 Å². The Morgan fingerprint density at radius 1 is 0.804 bits per heavy atom. The summed E-state index contributed by atoms with van der Waals surface area (Å²) in [5, 5.41) is 26.3. The Balaban J connectivity index is 1.77. The van der Waals surface area contributed by atoms with Gasteiger partial charge < -0.3 is 10.1 Å². The van der Waals surface area contributed by atoms with Gasteiger partial charge in [0.2, 0.25) is 11.4 Å². The second kappa shape index (κ2) is 16.1. The lowest BCUT2D eigenvalue weighted by Gasteiger charge is -2.20. The third-order valence-corrected chi connectivity index (χ3v) is 11.0. The fraction of sp³-hybridized carbons (Fsp3) is 0.205. The van der Waals surface area contributed by atoms with Crippen LogP contribution in [-0.2, 0) is 31.4 Å². The number of hydrogen-bond donors (Lipinski definition) is 4. The fourth-order valence-electron chi connectivity index (χ4n) is 6.63. The molecule has 56 heavy (non-hydrogen) atoms. The molecule has 0 spiro atoms. The maximum atomic E-state index is 12.9. The third-order valence-electron chi connectivity index (χ3n) is 9.24. The standard InChI is InChI=1S/C39H38N4O11S2/c1-7-26-18-27(8-12-34(26)40-38-22(2)14-30(42(44)45)15-23(38)3)37(33-11-10-32(55(48,49)50)20-36(33)56(51,52)53)28-9-13-35(29(19-28)21-54-6)41-39-24(4)16-31(43(46)47)17-25(39)5/h8-20,40H,7,21H2,1-6H3,(H,48,49,50)(H,51,52,53)/p+1. The Morgan fingerprint density at radius 3 is 1.91 bits per heavy atom. The quantitative estimate of drug-likeness (QED) is 0.0699. The number of methoxy groups -OCH3 is 1. The molecule has 292 valence electrons. The summed E-state index contributed by atoms with van der Waals surface area (Å²) in [6, 6.07) is 14.0. The van der Waals surface area contributed by atoms with Gasteiger partial charge in [-0.15, -0.1) is 0 Å². The second-order valence-corrected chi connectivity index (χ2v) is 16.0. The Morgan fingerprint density at radius 2 is 1.39 bits per heavy atom. The van der Waals surface area contributed by atoms with Crippen LogP contribution in [0.4, 0.5) is 28.4 Å². The van der Waals surface area contributed by atoms with E-state index >= 15 is 0 Å². The first-order valence-corrected chi connectivity index (χ1v) is 19.9. The number of rotatable bonds is 12. The van der Waals surface area contributed by atoms with Crippen molar-refractivity contribution in [2.75, 3.05) is 19.0 Å². The average Bonchev–Trinajstić information content (AvgIpc) is 3.11. The van der Waals surface area contributed by atoms with Crippen molar-refractivity contribution in [2.24, 2.45) is 0 Å². The minimum Gasteiger partial charge on any atom is -0.380 e. The topological polar surface area (TPSA) is 230 Å². The van der Waals surface area contributed by atoms with Gasteiger partial charge in [0, 0.05) is 71.1 Å². The van der Waals surface area contributed by atoms with E-state index in [0.717, 1.165) is 11.6 Å². The smallest absolute Gasteiger partial charge is 0.295 e. The molecule has 0 heterocycles. The number of nitrogens with zero attached hydrogens (tertiary/aromatic N) is 2. The van der Waals surface area contributed by atoms with E-state index in [1.165, 1.54) is 37.4 Å². The Hall–Kier alpha value is -5.85. The molecule has 1 aliphatic rings. The number of allylic oxidation sites excluding steroid dienone is 4. The van der Waals surface area contributed by atoms with Gasteiger partial charge in [0.1, 0.15) is 4.90 Å². The van der Waals surface area contributed by atoms with Crippen LogP contribution in [-0.4, -0.2) is 55.2 Å². The number of nitrogens with one attached hydrogen (secondary N) is 2. The van der Waals surface area contributed by atoms with E-state index in [4.69, 9.17) is 4.74 Å². The van der Waals surface area contributed by atoms with Gasteiger partial charge in [-0.1, -0.05) is 19.1 Å². The first kappa shape index (κ1) is 41.3. The number of benzene rings is 4. The van der Waals surface area contributed by atoms with Gasteiger partial charge in [-0.3, -0.25) is 29.3 Å². The molecular formula is C39H39N4O11S2+. The molecule has 0 saturated heterocycles. The van der Waals surface area contributed by atoms with Crippen molar-refractivity contribution in [1.82, 2.24) is 0 Å². The molecule has 1 aliphatic carbocycles. The predicted octanol–water partition coefficient (Wildman–Crippen LogP) is 6.33. The summed E-state index contributed by atoms with van der Waals surface area (Å²) in [6.45, 7) is 8.95. The Bertz CT molecular complexity index is 2620. The molecule has 0 fully saturated rings. The largest absolute Gasteiger partial charge is 0.380 e. The van der Waals surface area contributed by atoms with E-state index in [1.54, 1.807) is 58.1 Å². The summed E-state index contributed by atoms with van der Waals surface area (Å²) in [7, 11) is -8.48. The lowest BCUT2D eigenvalue weighted by Crippen LogP contribution is -2.67. The molecule has 17 heteroatoms. The molecule has 0 amide bonds. The Labute approximate surface area is 323 Å². The summed E-state index contributed by atoms with van der Waals surface area (Å²) in [6.07, 6.45) is 5.63. The first-order chi connectivity index (χ1) is 26.2. The minimum absolute atomic E-state index is 0.0439. The van der Waals surface area contributed by atoms with Crippen molar-refractivity contribution in [3.63, 3.8) is 0 Å². The van der Waals surface area contributed by atoms with Gasteiger partial charge in [-0.2, -0.15) is 16.8 Å². The van der Waals surface area contributed by atoms with E-state index in [9.17, 15) is 46.2 Å². The highest BCUT2D eigenvalue weighted by Gasteiger charge is 2.27. The Kier molecular flexibility index (Phi) is 11.9. The molecular weight excluding hydrogens is 765 g/mol. The van der Waals surface area contributed by atoms with Crippen molar-refractivity contribution < 1.29 is 45.5 Å². The van der Waals surface area contributed by atoms with E-state index in [1.807, 2.05) is 13.0 Å². The normalized spacial score (nSPS) is 14.8. The number of non-ortho nitro benzene ring substituents is 2. The van der Waals surface area contributed by atoms with Crippen molar-refractivity contribution >= 4 is 60.0 Å². The number of anilines is 2.